The number of aryl methyl sites for hydroxylation is 1. The molecular weight excluding hydrogens is 312 g/mol. The van der Waals surface area contributed by atoms with Crippen molar-refractivity contribution >= 4 is 5.91 Å². The van der Waals surface area contributed by atoms with Gasteiger partial charge in [-0.1, -0.05) is 5.92 Å². The minimum atomic E-state index is -0.387. The van der Waals surface area contributed by atoms with Crippen LogP contribution in [0, 0.1) is 12.3 Å². The highest BCUT2D eigenvalue weighted by Gasteiger charge is 2.15. The van der Waals surface area contributed by atoms with Gasteiger partial charge in [-0.15, -0.1) is 16.6 Å². The second-order valence-corrected chi connectivity index (χ2v) is 5.00. The number of terminal acetylenes is 1. The number of hydrogen-bond donors (Lipinski definition) is 2. The van der Waals surface area contributed by atoms with Gasteiger partial charge >= 0.3 is 0 Å². The van der Waals surface area contributed by atoms with Gasteiger partial charge in [-0.05, 0) is 18.2 Å². The number of carbonyl (C=O) groups excluding carboxylic acids is 1. The average molecular weight is 326 g/mol. The summed E-state index contributed by atoms with van der Waals surface area (Å²) in [6, 6.07) is 5.21. The van der Waals surface area contributed by atoms with Gasteiger partial charge in [0.05, 0.1) is 6.54 Å². The Kier molecular flexibility index (Phi) is 4.43. The maximum atomic E-state index is 12.1. The number of nitrogens with one attached hydrogen (secondary N) is 2. The monoisotopic (exact) mass is 326 g/mol. The molecular formula is C16H14N4O4. The van der Waals surface area contributed by atoms with E-state index in [0.29, 0.717) is 22.9 Å². The summed E-state index contributed by atoms with van der Waals surface area (Å²) in [4.78, 5) is 26.2. The number of benzene rings is 1. The van der Waals surface area contributed by atoms with Crippen molar-refractivity contribution in [2.24, 2.45) is 0 Å². The minimum absolute atomic E-state index is 0.114. The van der Waals surface area contributed by atoms with Crippen LogP contribution in [0.3, 0.4) is 0 Å². The zero-order valence-corrected chi connectivity index (χ0v) is 12.7. The Balaban J connectivity index is 1.72. The van der Waals surface area contributed by atoms with Crippen molar-refractivity contribution in [3.8, 4) is 35.2 Å². The number of fused-ring (bicyclic) bond motifs is 1. The van der Waals surface area contributed by atoms with Crippen molar-refractivity contribution in [2.45, 2.75) is 12.8 Å². The van der Waals surface area contributed by atoms with E-state index in [4.69, 9.17) is 15.9 Å². The van der Waals surface area contributed by atoms with Crippen molar-refractivity contribution in [2.75, 3.05) is 13.3 Å². The average Bonchev–Trinajstić information content (AvgIpc) is 3.06. The molecule has 24 heavy (non-hydrogen) atoms. The van der Waals surface area contributed by atoms with Crippen LogP contribution in [0.5, 0.6) is 11.5 Å². The zero-order chi connectivity index (χ0) is 16.9. The van der Waals surface area contributed by atoms with E-state index in [1.54, 1.807) is 18.2 Å². The maximum absolute atomic E-state index is 12.1. The van der Waals surface area contributed by atoms with Crippen molar-refractivity contribution in [1.82, 2.24) is 20.5 Å². The SMILES string of the molecule is C#CCNC(=O)CCc1nnc(-c2ccc3c(c2)OCO3)[nH]c1=O. The van der Waals surface area contributed by atoms with E-state index < -0.39 is 0 Å². The Morgan fingerprint density at radius 3 is 2.96 bits per heavy atom. The first-order valence-corrected chi connectivity index (χ1v) is 7.23. The molecule has 2 N–H and O–H groups in total. The van der Waals surface area contributed by atoms with Gasteiger partial charge in [0.15, 0.2) is 17.3 Å². The standard InChI is InChI=1S/C16H14N4O4/c1-2-7-17-14(21)6-4-11-16(22)18-15(20-19-11)10-3-5-12-13(8-10)24-9-23-12/h1,3,5,8H,4,6-7,9H2,(H,17,21)(H,18,20,22). The molecule has 3 rings (SSSR count). The highest BCUT2D eigenvalue weighted by molar-refractivity contribution is 5.76. The normalized spacial score (nSPS) is 11.8. The number of amides is 1. The van der Waals surface area contributed by atoms with Gasteiger partial charge in [0.2, 0.25) is 12.7 Å². The summed E-state index contributed by atoms with van der Waals surface area (Å²) in [5.74, 6) is 3.61. The van der Waals surface area contributed by atoms with E-state index in [0.717, 1.165) is 0 Å². The first-order chi connectivity index (χ1) is 11.7. The van der Waals surface area contributed by atoms with Gasteiger partial charge < -0.3 is 19.8 Å². The fourth-order valence-electron chi connectivity index (χ4n) is 2.17. The predicted octanol–water partition coefficient (Wildman–Crippen LogP) is 0.243. The molecule has 1 aliphatic rings. The maximum Gasteiger partial charge on any atom is 0.273 e. The molecule has 0 saturated heterocycles. The first-order valence-electron chi connectivity index (χ1n) is 7.23. The molecule has 2 aromatic rings. The minimum Gasteiger partial charge on any atom is -0.454 e. The van der Waals surface area contributed by atoms with Crippen molar-refractivity contribution in [1.29, 1.82) is 0 Å². The summed E-state index contributed by atoms with van der Waals surface area (Å²) in [5, 5.41) is 10.4. The van der Waals surface area contributed by atoms with Crippen LogP contribution in [-0.2, 0) is 11.2 Å². The highest BCUT2D eigenvalue weighted by Crippen LogP contribution is 2.34. The Morgan fingerprint density at radius 1 is 1.33 bits per heavy atom. The van der Waals surface area contributed by atoms with E-state index in [2.05, 4.69) is 26.4 Å². The molecule has 0 unspecified atom stereocenters. The van der Waals surface area contributed by atoms with Crippen LogP contribution in [0.1, 0.15) is 12.1 Å². The van der Waals surface area contributed by atoms with Gasteiger partial charge in [0.1, 0.15) is 5.69 Å². The van der Waals surface area contributed by atoms with Crippen LogP contribution in [-0.4, -0.2) is 34.4 Å². The summed E-state index contributed by atoms with van der Waals surface area (Å²) in [5.41, 5.74) is 0.458. The van der Waals surface area contributed by atoms with Gasteiger partial charge in [0.25, 0.3) is 5.56 Å². The second kappa shape index (κ2) is 6.83. The zero-order valence-electron chi connectivity index (χ0n) is 12.7. The lowest BCUT2D eigenvalue weighted by Gasteiger charge is -2.04. The number of carbonyl (C=O) groups is 1. The molecule has 0 saturated carbocycles. The fraction of sp³-hybridized carbons (Fsp3) is 0.250. The van der Waals surface area contributed by atoms with Gasteiger partial charge in [-0.2, -0.15) is 0 Å². The lowest BCUT2D eigenvalue weighted by Crippen LogP contribution is -2.25. The van der Waals surface area contributed by atoms with Gasteiger partial charge in [0, 0.05) is 18.4 Å². The van der Waals surface area contributed by atoms with E-state index in [1.807, 2.05) is 0 Å². The summed E-state index contributed by atoms with van der Waals surface area (Å²) >= 11 is 0. The molecule has 8 heteroatoms. The summed E-state index contributed by atoms with van der Waals surface area (Å²) in [7, 11) is 0. The molecule has 0 radical (unpaired) electrons. The predicted molar refractivity (Wildman–Crippen MR) is 84.4 cm³/mol. The van der Waals surface area contributed by atoms with Crippen molar-refractivity contribution < 1.29 is 14.3 Å². The quantitative estimate of drug-likeness (QED) is 0.763. The number of aromatic amines is 1. The number of nitrogens with zero attached hydrogens (tertiary/aromatic N) is 2. The van der Waals surface area contributed by atoms with E-state index in [-0.39, 0.29) is 43.3 Å². The summed E-state index contributed by atoms with van der Waals surface area (Å²) in [6.07, 6.45) is 5.35. The molecule has 0 fully saturated rings. The number of hydrogen-bond acceptors (Lipinski definition) is 6. The summed E-state index contributed by atoms with van der Waals surface area (Å²) in [6.45, 7) is 0.325. The van der Waals surface area contributed by atoms with Crippen LogP contribution < -0.4 is 20.3 Å². The lowest BCUT2D eigenvalue weighted by molar-refractivity contribution is -0.120. The van der Waals surface area contributed by atoms with Gasteiger partial charge in [-0.25, -0.2) is 0 Å². The second-order valence-electron chi connectivity index (χ2n) is 5.00. The third kappa shape index (κ3) is 3.35. The molecule has 2 heterocycles. The highest BCUT2D eigenvalue weighted by atomic mass is 16.7. The van der Waals surface area contributed by atoms with Crippen molar-refractivity contribution in [3.63, 3.8) is 0 Å². The Labute approximate surface area is 137 Å². The fourth-order valence-corrected chi connectivity index (χ4v) is 2.17. The Hall–Kier alpha value is -3.34. The van der Waals surface area contributed by atoms with Crippen molar-refractivity contribution in [3.05, 3.63) is 34.2 Å². The number of H-pyrrole nitrogens is 1. The van der Waals surface area contributed by atoms with Crippen LogP contribution in [0.25, 0.3) is 11.4 Å². The third-order valence-electron chi connectivity index (χ3n) is 3.39. The molecule has 0 atom stereocenters. The molecule has 0 spiro atoms. The lowest BCUT2D eigenvalue weighted by atomic mass is 10.2. The molecule has 1 amide bonds. The molecule has 0 bridgehead atoms. The first kappa shape index (κ1) is 15.6. The van der Waals surface area contributed by atoms with Crippen LogP contribution in [0.4, 0.5) is 0 Å². The van der Waals surface area contributed by atoms with Gasteiger partial charge in [-0.3, -0.25) is 9.59 Å². The number of ether oxygens (including phenoxy) is 2. The van der Waals surface area contributed by atoms with Crippen LogP contribution in [0.15, 0.2) is 23.0 Å². The molecule has 1 aliphatic heterocycles. The molecule has 8 nitrogen and oxygen atoms in total. The van der Waals surface area contributed by atoms with E-state index >= 15 is 0 Å². The molecule has 122 valence electrons. The number of rotatable bonds is 5. The molecule has 0 aliphatic carbocycles. The smallest absolute Gasteiger partial charge is 0.273 e. The number of aromatic nitrogens is 3. The molecule has 1 aromatic carbocycles. The van der Waals surface area contributed by atoms with E-state index in [1.165, 1.54) is 0 Å². The Morgan fingerprint density at radius 2 is 2.17 bits per heavy atom. The largest absolute Gasteiger partial charge is 0.454 e. The van der Waals surface area contributed by atoms with Crippen LogP contribution >= 0.6 is 0 Å². The molecule has 1 aromatic heterocycles. The Bertz CT molecular complexity index is 869. The topological polar surface area (TPSA) is 106 Å². The third-order valence-corrected chi connectivity index (χ3v) is 3.39. The summed E-state index contributed by atoms with van der Waals surface area (Å²) < 4.78 is 10.5. The van der Waals surface area contributed by atoms with Crippen LogP contribution in [0.2, 0.25) is 0 Å². The van der Waals surface area contributed by atoms with E-state index in [9.17, 15) is 9.59 Å².